The van der Waals surface area contributed by atoms with Gasteiger partial charge in [0.25, 0.3) is 0 Å². The van der Waals surface area contributed by atoms with Crippen LogP contribution in [0.2, 0.25) is 0 Å². The molecule has 1 amide bonds. The van der Waals surface area contributed by atoms with E-state index in [9.17, 15) is 18.4 Å². The fourth-order valence-corrected chi connectivity index (χ4v) is 2.68. The van der Waals surface area contributed by atoms with Gasteiger partial charge in [-0.3, -0.25) is 0 Å². The molecule has 8 heteroatoms. The van der Waals surface area contributed by atoms with Gasteiger partial charge in [0.15, 0.2) is 11.6 Å². The van der Waals surface area contributed by atoms with Gasteiger partial charge in [0.1, 0.15) is 11.6 Å². The Kier molecular flexibility index (Phi) is 5.53. The van der Waals surface area contributed by atoms with Gasteiger partial charge in [-0.25, -0.2) is 18.4 Å². The minimum atomic E-state index is -1.15. The molecule has 0 radical (unpaired) electrons. The average molecular weight is 368 g/mol. The third kappa shape index (κ3) is 4.12. The Morgan fingerprint density at radius 2 is 1.92 bits per heavy atom. The molecule has 0 aliphatic carbocycles. The number of benzene rings is 1. The average Bonchev–Trinajstić information content (AvgIpc) is 3.03. The minimum absolute atomic E-state index is 0.0627. The van der Waals surface area contributed by atoms with Crippen molar-refractivity contribution in [3.05, 3.63) is 35.5 Å². The van der Waals surface area contributed by atoms with Gasteiger partial charge < -0.3 is 19.8 Å². The van der Waals surface area contributed by atoms with Crippen LogP contribution in [0.3, 0.4) is 0 Å². The Morgan fingerprint density at radius 1 is 1.27 bits per heavy atom. The van der Waals surface area contributed by atoms with E-state index in [1.807, 2.05) is 0 Å². The zero-order chi connectivity index (χ0) is 19.6. The van der Waals surface area contributed by atoms with E-state index in [1.165, 1.54) is 19.4 Å². The molecule has 6 nitrogen and oxygen atoms in total. The highest BCUT2D eigenvalue weighted by molar-refractivity contribution is 5.87. The van der Waals surface area contributed by atoms with Gasteiger partial charge in [-0.2, -0.15) is 0 Å². The summed E-state index contributed by atoms with van der Waals surface area (Å²) in [5.74, 6) is -3.47. The van der Waals surface area contributed by atoms with Crippen LogP contribution in [0, 0.1) is 11.6 Å². The summed E-state index contributed by atoms with van der Waals surface area (Å²) in [6.45, 7) is 6.65. The van der Waals surface area contributed by atoms with E-state index in [-0.39, 0.29) is 5.39 Å². The minimum Gasteiger partial charge on any atom is -0.467 e. The number of amides is 1. The number of hydrogen-bond acceptors (Lipinski definition) is 4. The third-order valence-corrected chi connectivity index (χ3v) is 3.88. The number of aromatic nitrogens is 1. The molecular formula is C18H22F2N2O4. The Labute approximate surface area is 149 Å². The predicted molar refractivity (Wildman–Crippen MR) is 91.8 cm³/mol. The molecule has 1 aromatic carbocycles. The predicted octanol–water partition coefficient (Wildman–Crippen LogP) is 3.62. The highest BCUT2D eigenvalue weighted by atomic mass is 19.2. The molecule has 2 unspecified atom stereocenters. The second kappa shape index (κ2) is 7.31. The van der Waals surface area contributed by atoms with Gasteiger partial charge in [-0.05, 0) is 38.5 Å². The second-order valence-corrected chi connectivity index (χ2v) is 6.96. The molecule has 1 aromatic heterocycles. The summed E-state index contributed by atoms with van der Waals surface area (Å²) in [7, 11) is 1.17. The van der Waals surface area contributed by atoms with E-state index >= 15 is 0 Å². The van der Waals surface area contributed by atoms with E-state index in [0.717, 1.165) is 6.07 Å². The van der Waals surface area contributed by atoms with Gasteiger partial charge in [-0.1, -0.05) is 6.92 Å². The van der Waals surface area contributed by atoms with Crippen LogP contribution in [0.25, 0.3) is 10.9 Å². The first-order valence-corrected chi connectivity index (χ1v) is 8.07. The molecule has 2 N–H and O–H groups in total. The summed E-state index contributed by atoms with van der Waals surface area (Å²) < 4.78 is 37.8. The van der Waals surface area contributed by atoms with Crippen molar-refractivity contribution in [2.75, 3.05) is 7.11 Å². The number of aromatic amines is 1. The van der Waals surface area contributed by atoms with Crippen molar-refractivity contribution < 1.29 is 27.8 Å². The fourth-order valence-electron chi connectivity index (χ4n) is 2.68. The summed E-state index contributed by atoms with van der Waals surface area (Å²) in [4.78, 5) is 27.1. The molecular weight excluding hydrogens is 346 g/mol. The van der Waals surface area contributed by atoms with E-state index in [1.54, 1.807) is 27.7 Å². The number of fused-ring (bicyclic) bond motifs is 1. The number of hydrogen-bond donors (Lipinski definition) is 2. The molecule has 2 atom stereocenters. The molecule has 1 heterocycles. The molecule has 0 bridgehead atoms. The number of halogens is 2. The number of H-pyrrole nitrogens is 1. The Balaban J connectivity index is 2.40. The van der Waals surface area contributed by atoms with E-state index in [0.29, 0.717) is 11.1 Å². The summed E-state index contributed by atoms with van der Waals surface area (Å²) in [6, 6.07) is 1.26. The molecule has 2 rings (SSSR count). The molecule has 0 saturated heterocycles. The summed E-state index contributed by atoms with van der Waals surface area (Å²) in [5, 5.41) is 2.51. The van der Waals surface area contributed by atoms with Crippen LogP contribution in [-0.4, -0.2) is 35.8 Å². The van der Waals surface area contributed by atoms with Crippen molar-refractivity contribution in [2.24, 2.45) is 0 Å². The van der Waals surface area contributed by atoms with Crippen molar-refractivity contribution in [3.8, 4) is 0 Å². The maximum atomic E-state index is 14.0. The molecule has 0 spiro atoms. The van der Waals surface area contributed by atoms with Crippen LogP contribution in [-0.2, 0) is 14.3 Å². The molecule has 26 heavy (non-hydrogen) atoms. The number of esters is 1. The van der Waals surface area contributed by atoms with Crippen molar-refractivity contribution >= 4 is 23.0 Å². The Morgan fingerprint density at radius 3 is 2.50 bits per heavy atom. The van der Waals surface area contributed by atoms with Gasteiger partial charge in [-0.15, -0.1) is 0 Å². The van der Waals surface area contributed by atoms with Crippen LogP contribution in [0.15, 0.2) is 18.3 Å². The smallest absolute Gasteiger partial charge is 0.408 e. The lowest BCUT2D eigenvalue weighted by atomic mass is 9.91. The molecule has 142 valence electrons. The topological polar surface area (TPSA) is 80.4 Å². The van der Waals surface area contributed by atoms with E-state index < -0.39 is 41.3 Å². The fraction of sp³-hybridized carbons (Fsp3) is 0.444. The zero-order valence-corrected chi connectivity index (χ0v) is 15.3. The van der Waals surface area contributed by atoms with Crippen molar-refractivity contribution in [3.63, 3.8) is 0 Å². The van der Waals surface area contributed by atoms with Crippen LogP contribution in [0.1, 0.15) is 39.2 Å². The zero-order valence-electron chi connectivity index (χ0n) is 15.3. The maximum absolute atomic E-state index is 14.0. The standard InChI is InChI=1S/C18H22F2N2O4/c1-9(11-8-12(19)13(20)10-6-7-21-15(10)11)14(16(23)25-5)22-17(24)26-18(2,3)4/h6-9,14,21H,1-5H3,(H,22,24). The third-order valence-electron chi connectivity index (χ3n) is 3.88. The van der Waals surface area contributed by atoms with Gasteiger partial charge in [0.2, 0.25) is 0 Å². The quantitative estimate of drug-likeness (QED) is 0.808. The Hall–Kier alpha value is -2.64. The first kappa shape index (κ1) is 19.7. The maximum Gasteiger partial charge on any atom is 0.408 e. The van der Waals surface area contributed by atoms with Crippen molar-refractivity contribution in [1.29, 1.82) is 0 Å². The molecule has 0 aliphatic heterocycles. The molecule has 2 aromatic rings. The van der Waals surface area contributed by atoms with E-state index in [4.69, 9.17) is 9.47 Å². The first-order chi connectivity index (χ1) is 12.0. The van der Waals surface area contributed by atoms with Crippen LogP contribution < -0.4 is 5.32 Å². The highest BCUT2D eigenvalue weighted by Gasteiger charge is 2.32. The largest absolute Gasteiger partial charge is 0.467 e. The number of rotatable bonds is 4. The van der Waals surface area contributed by atoms with Crippen LogP contribution >= 0.6 is 0 Å². The number of ether oxygens (including phenoxy) is 2. The first-order valence-electron chi connectivity index (χ1n) is 8.07. The number of carbonyl (C=O) groups excluding carboxylic acids is 2. The van der Waals surface area contributed by atoms with Crippen LogP contribution in [0.4, 0.5) is 13.6 Å². The number of methoxy groups -OCH3 is 1. The normalized spacial score (nSPS) is 14.0. The van der Waals surface area contributed by atoms with Gasteiger partial charge in [0.05, 0.1) is 12.6 Å². The van der Waals surface area contributed by atoms with Gasteiger partial charge >= 0.3 is 12.1 Å². The van der Waals surface area contributed by atoms with E-state index in [2.05, 4.69) is 10.3 Å². The second-order valence-electron chi connectivity index (χ2n) is 6.96. The summed E-state index contributed by atoms with van der Waals surface area (Å²) >= 11 is 0. The lowest BCUT2D eigenvalue weighted by Crippen LogP contribution is -2.46. The summed E-state index contributed by atoms with van der Waals surface area (Å²) in [5.41, 5.74) is -0.0884. The number of alkyl carbamates (subject to hydrolysis) is 1. The SMILES string of the molecule is COC(=O)C(NC(=O)OC(C)(C)C)C(C)c1cc(F)c(F)c2cc[nH]c12. The van der Waals surface area contributed by atoms with Crippen LogP contribution in [0.5, 0.6) is 0 Å². The Bertz CT molecular complexity index is 826. The van der Waals surface area contributed by atoms with Gasteiger partial charge in [0, 0.05) is 17.5 Å². The number of carbonyl (C=O) groups is 2. The van der Waals surface area contributed by atoms with Crippen molar-refractivity contribution in [2.45, 2.75) is 45.3 Å². The molecule has 0 aliphatic rings. The molecule has 0 fully saturated rings. The number of nitrogens with one attached hydrogen (secondary N) is 2. The highest BCUT2D eigenvalue weighted by Crippen LogP contribution is 2.31. The lowest BCUT2D eigenvalue weighted by molar-refractivity contribution is -0.143. The van der Waals surface area contributed by atoms with Crippen molar-refractivity contribution in [1.82, 2.24) is 10.3 Å². The monoisotopic (exact) mass is 368 g/mol. The summed E-state index contributed by atoms with van der Waals surface area (Å²) in [6.07, 6.45) is 0.655. The lowest BCUT2D eigenvalue weighted by Gasteiger charge is -2.26. The molecule has 0 saturated carbocycles.